The summed E-state index contributed by atoms with van der Waals surface area (Å²) in [6.45, 7) is 5.88. The molecule has 0 saturated heterocycles. The Morgan fingerprint density at radius 3 is 2.73 bits per heavy atom. The fourth-order valence-electron chi connectivity index (χ4n) is 2.04. The Morgan fingerprint density at radius 2 is 2.09 bits per heavy atom. The van der Waals surface area contributed by atoms with E-state index in [-0.39, 0.29) is 0 Å². The number of benzene rings is 1. The molecule has 0 bridgehead atoms. The summed E-state index contributed by atoms with van der Waals surface area (Å²) in [5.74, 6) is 0.0590. The molecule has 116 valence electrons. The third kappa shape index (κ3) is 3.76. The molecule has 5 nitrogen and oxygen atoms in total. The van der Waals surface area contributed by atoms with Gasteiger partial charge in [0.25, 0.3) is 0 Å². The summed E-state index contributed by atoms with van der Waals surface area (Å²) in [6, 6.07) is 7.88. The van der Waals surface area contributed by atoms with Crippen LogP contribution in [0.25, 0.3) is 0 Å². The van der Waals surface area contributed by atoms with Gasteiger partial charge in [0.15, 0.2) is 5.16 Å². The predicted molar refractivity (Wildman–Crippen MR) is 89.0 cm³/mol. The largest absolute Gasteiger partial charge is 0.462 e. The number of carbonyl (C=O) groups excluding carboxylic acids is 1. The summed E-state index contributed by atoms with van der Waals surface area (Å²) in [5.41, 5.74) is 2.98. The Balaban J connectivity index is 2.46. The lowest BCUT2D eigenvalue weighted by molar-refractivity contribution is 0.0525. The normalized spacial score (nSPS) is 10.4. The van der Waals surface area contributed by atoms with Crippen LogP contribution in [0, 0.1) is 13.8 Å². The van der Waals surface area contributed by atoms with Crippen LogP contribution in [-0.4, -0.2) is 28.8 Å². The van der Waals surface area contributed by atoms with E-state index in [9.17, 15) is 4.79 Å². The molecule has 0 fully saturated rings. The number of esters is 1. The van der Waals surface area contributed by atoms with Crippen molar-refractivity contribution in [2.75, 3.05) is 18.2 Å². The molecule has 1 aromatic carbocycles. The minimum Gasteiger partial charge on any atom is -0.462 e. The Labute approximate surface area is 134 Å². The van der Waals surface area contributed by atoms with Crippen molar-refractivity contribution in [2.45, 2.75) is 25.9 Å². The Kier molecular flexibility index (Phi) is 5.38. The Morgan fingerprint density at radius 1 is 1.32 bits per heavy atom. The van der Waals surface area contributed by atoms with Crippen LogP contribution in [-0.2, 0) is 4.74 Å². The first-order valence-corrected chi connectivity index (χ1v) is 8.21. The van der Waals surface area contributed by atoms with E-state index in [0.717, 1.165) is 11.3 Å². The van der Waals surface area contributed by atoms with Crippen molar-refractivity contribution in [1.82, 2.24) is 9.97 Å². The van der Waals surface area contributed by atoms with Crippen LogP contribution < -0.4 is 5.32 Å². The molecule has 22 heavy (non-hydrogen) atoms. The highest BCUT2D eigenvalue weighted by Gasteiger charge is 2.20. The number of hydrogen-bond donors (Lipinski definition) is 1. The molecular formula is C16H19N3O2S. The molecule has 6 heteroatoms. The number of hydrogen-bond acceptors (Lipinski definition) is 6. The summed E-state index contributed by atoms with van der Waals surface area (Å²) in [4.78, 5) is 20.9. The Hall–Kier alpha value is -2.08. The van der Waals surface area contributed by atoms with Gasteiger partial charge in [0.2, 0.25) is 0 Å². The lowest BCUT2D eigenvalue weighted by Gasteiger charge is -2.13. The molecule has 1 aromatic heterocycles. The van der Waals surface area contributed by atoms with Gasteiger partial charge in [0.1, 0.15) is 11.4 Å². The van der Waals surface area contributed by atoms with Gasteiger partial charge >= 0.3 is 5.97 Å². The van der Waals surface area contributed by atoms with Gasteiger partial charge in [-0.2, -0.15) is 0 Å². The number of nitrogens with zero attached hydrogens (tertiary/aromatic N) is 2. The maximum atomic E-state index is 12.2. The number of rotatable bonds is 5. The summed E-state index contributed by atoms with van der Waals surface area (Å²) >= 11 is 1.43. The van der Waals surface area contributed by atoms with Crippen LogP contribution in [0.3, 0.4) is 0 Å². The first-order valence-electron chi connectivity index (χ1n) is 6.98. The van der Waals surface area contributed by atoms with E-state index in [1.165, 1.54) is 11.8 Å². The molecule has 0 spiro atoms. The molecule has 0 unspecified atom stereocenters. The number of anilines is 2. The van der Waals surface area contributed by atoms with Crippen molar-refractivity contribution in [3.63, 3.8) is 0 Å². The molecule has 0 amide bonds. The number of thioether (sulfide) groups is 1. The summed E-state index contributed by atoms with van der Waals surface area (Å²) in [5, 5.41) is 3.81. The average Bonchev–Trinajstić information content (AvgIpc) is 2.46. The van der Waals surface area contributed by atoms with Crippen molar-refractivity contribution >= 4 is 29.2 Å². The molecule has 0 atom stereocenters. The van der Waals surface area contributed by atoms with Gasteiger partial charge in [-0.25, -0.2) is 14.8 Å². The monoisotopic (exact) mass is 317 g/mol. The maximum absolute atomic E-state index is 12.2. The van der Waals surface area contributed by atoms with Crippen LogP contribution in [0.2, 0.25) is 0 Å². The number of aromatic nitrogens is 2. The first kappa shape index (κ1) is 16.3. The van der Waals surface area contributed by atoms with Gasteiger partial charge in [0.05, 0.1) is 12.3 Å². The minimum absolute atomic E-state index is 0.312. The molecule has 0 aliphatic carbocycles. The zero-order chi connectivity index (χ0) is 16.1. The number of ether oxygens (including phenoxy) is 1. The van der Waals surface area contributed by atoms with E-state index in [1.54, 1.807) is 13.8 Å². The number of aryl methyl sites for hydroxylation is 2. The molecular weight excluding hydrogens is 298 g/mol. The molecule has 1 heterocycles. The standard InChI is InChI=1S/C16H19N3O2S/c1-5-21-15(20)13-11(3)17-16(22-4)19-14(13)18-12-8-6-7-10(2)9-12/h6-9H,5H2,1-4H3,(H,17,18,19). The molecule has 2 aromatic rings. The fourth-order valence-corrected chi connectivity index (χ4v) is 2.45. The lowest BCUT2D eigenvalue weighted by atomic mass is 10.2. The molecule has 0 radical (unpaired) electrons. The highest BCUT2D eigenvalue weighted by molar-refractivity contribution is 7.98. The second-order valence-electron chi connectivity index (χ2n) is 4.73. The molecule has 0 aliphatic heterocycles. The summed E-state index contributed by atoms with van der Waals surface area (Å²) < 4.78 is 5.12. The number of nitrogens with one attached hydrogen (secondary N) is 1. The van der Waals surface area contributed by atoms with Gasteiger partial charge in [-0.05, 0) is 44.7 Å². The molecule has 1 N–H and O–H groups in total. The quantitative estimate of drug-likeness (QED) is 0.515. The first-order chi connectivity index (χ1) is 10.5. The highest BCUT2D eigenvalue weighted by atomic mass is 32.2. The third-order valence-electron chi connectivity index (χ3n) is 3.01. The van der Waals surface area contributed by atoms with Gasteiger partial charge in [-0.1, -0.05) is 23.9 Å². The van der Waals surface area contributed by atoms with Crippen molar-refractivity contribution < 1.29 is 9.53 Å². The van der Waals surface area contributed by atoms with Gasteiger partial charge in [-0.3, -0.25) is 0 Å². The van der Waals surface area contributed by atoms with Crippen molar-refractivity contribution in [2.24, 2.45) is 0 Å². The average molecular weight is 317 g/mol. The molecule has 2 rings (SSSR count). The highest BCUT2D eigenvalue weighted by Crippen LogP contribution is 2.25. The topological polar surface area (TPSA) is 64.1 Å². The van der Waals surface area contributed by atoms with Crippen molar-refractivity contribution in [3.8, 4) is 0 Å². The molecule has 0 saturated carbocycles. The van der Waals surface area contributed by atoms with E-state index in [2.05, 4.69) is 15.3 Å². The van der Waals surface area contributed by atoms with Crippen molar-refractivity contribution in [1.29, 1.82) is 0 Å². The maximum Gasteiger partial charge on any atom is 0.343 e. The lowest BCUT2D eigenvalue weighted by Crippen LogP contribution is -2.13. The van der Waals surface area contributed by atoms with Crippen LogP contribution in [0.1, 0.15) is 28.5 Å². The third-order valence-corrected chi connectivity index (χ3v) is 3.56. The van der Waals surface area contributed by atoms with E-state index in [0.29, 0.717) is 28.8 Å². The van der Waals surface area contributed by atoms with E-state index < -0.39 is 5.97 Å². The van der Waals surface area contributed by atoms with Crippen LogP contribution in [0.5, 0.6) is 0 Å². The second-order valence-corrected chi connectivity index (χ2v) is 5.51. The van der Waals surface area contributed by atoms with Gasteiger partial charge in [-0.15, -0.1) is 0 Å². The zero-order valence-corrected chi connectivity index (χ0v) is 14.0. The summed E-state index contributed by atoms with van der Waals surface area (Å²) in [7, 11) is 0. The van der Waals surface area contributed by atoms with Crippen molar-refractivity contribution in [3.05, 3.63) is 41.1 Å². The summed E-state index contributed by atoms with van der Waals surface area (Å²) in [6.07, 6.45) is 1.90. The number of carbonyl (C=O) groups is 1. The van der Waals surface area contributed by atoms with Gasteiger partial charge < -0.3 is 10.1 Å². The van der Waals surface area contributed by atoms with Crippen LogP contribution in [0.15, 0.2) is 29.4 Å². The van der Waals surface area contributed by atoms with Crippen LogP contribution in [0.4, 0.5) is 11.5 Å². The zero-order valence-electron chi connectivity index (χ0n) is 13.1. The van der Waals surface area contributed by atoms with Gasteiger partial charge in [0, 0.05) is 5.69 Å². The fraction of sp³-hybridized carbons (Fsp3) is 0.312. The van der Waals surface area contributed by atoms with E-state index >= 15 is 0 Å². The van der Waals surface area contributed by atoms with E-state index in [4.69, 9.17) is 4.74 Å². The second kappa shape index (κ2) is 7.26. The SMILES string of the molecule is CCOC(=O)c1c(C)nc(SC)nc1Nc1cccc(C)c1. The molecule has 0 aliphatic rings. The van der Waals surface area contributed by atoms with E-state index in [1.807, 2.05) is 37.4 Å². The predicted octanol–water partition coefficient (Wildman–Crippen LogP) is 3.74. The smallest absolute Gasteiger partial charge is 0.343 e. The Bertz CT molecular complexity index is 689. The van der Waals surface area contributed by atoms with Crippen LogP contribution >= 0.6 is 11.8 Å². The minimum atomic E-state index is -0.414.